The van der Waals surface area contributed by atoms with Gasteiger partial charge < -0.3 is 0 Å². The van der Waals surface area contributed by atoms with E-state index < -0.39 is 0 Å². The number of rotatable bonds is 2. The van der Waals surface area contributed by atoms with E-state index in [1.165, 1.54) is 31.4 Å². The van der Waals surface area contributed by atoms with Crippen molar-refractivity contribution in [3.05, 3.63) is 42.1 Å². The van der Waals surface area contributed by atoms with Crippen LogP contribution in [0.1, 0.15) is 36.7 Å². The molecule has 1 aliphatic heterocycles. The van der Waals surface area contributed by atoms with E-state index in [-0.39, 0.29) is 0 Å². The van der Waals surface area contributed by atoms with Gasteiger partial charge in [-0.3, -0.25) is 9.47 Å². The van der Waals surface area contributed by atoms with Crippen LogP contribution in [0.4, 0.5) is 0 Å². The highest BCUT2D eigenvalue weighted by atomic mass is 15.1. The number of aromatic nitrogens is 3. The summed E-state index contributed by atoms with van der Waals surface area (Å²) in [4.78, 5) is 11.3. The molecule has 2 aromatic heterocycles. The smallest absolute Gasteiger partial charge is 0.137 e. The van der Waals surface area contributed by atoms with Gasteiger partial charge in [-0.15, -0.1) is 0 Å². The Morgan fingerprint density at radius 1 is 1.21 bits per heavy atom. The standard InChI is InChI=1S/C15H20N4/c1-12-16-8-10-19(12)15-7-6-13(11-17-15)14-5-3-4-9-18(14)2/h6-8,10-11,14H,3-5,9H2,1-2H3/t14-/m1/s1. The van der Waals surface area contributed by atoms with Gasteiger partial charge in [0.25, 0.3) is 0 Å². The van der Waals surface area contributed by atoms with Crippen molar-refractivity contribution in [2.45, 2.75) is 32.2 Å². The van der Waals surface area contributed by atoms with E-state index >= 15 is 0 Å². The first-order valence-electron chi connectivity index (χ1n) is 6.92. The highest BCUT2D eigenvalue weighted by Crippen LogP contribution is 2.29. The fraction of sp³-hybridized carbons (Fsp3) is 0.467. The minimum atomic E-state index is 0.527. The van der Waals surface area contributed by atoms with Crippen LogP contribution < -0.4 is 0 Å². The zero-order valence-electron chi connectivity index (χ0n) is 11.6. The van der Waals surface area contributed by atoms with Gasteiger partial charge in [-0.05, 0) is 45.0 Å². The molecule has 0 saturated carbocycles. The lowest BCUT2D eigenvalue weighted by molar-refractivity contribution is 0.187. The molecular weight excluding hydrogens is 236 g/mol. The first kappa shape index (κ1) is 12.4. The number of hydrogen-bond acceptors (Lipinski definition) is 3. The molecule has 1 saturated heterocycles. The van der Waals surface area contributed by atoms with Crippen LogP contribution in [0.2, 0.25) is 0 Å². The van der Waals surface area contributed by atoms with Gasteiger partial charge in [0, 0.05) is 24.6 Å². The normalized spacial score (nSPS) is 20.6. The lowest BCUT2D eigenvalue weighted by atomic mass is 9.97. The maximum Gasteiger partial charge on any atom is 0.137 e. The Morgan fingerprint density at radius 3 is 2.74 bits per heavy atom. The Hall–Kier alpha value is -1.68. The van der Waals surface area contributed by atoms with E-state index in [9.17, 15) is 0 Å². The molecule has 1 aliphatic rings. The van der Waals surface area contributed by atoms with Gasteiger partial charge in [0.2, 0.25) is 0 Å². The summed E-state index contributed by atoms with van der Waals surface area (Å²) < 4.78 is 2.01. The Bertz CT molecular complexity index is 544. The first-order valence-corrected chi connectivity index (χ1v) is 6.92. The van der Waals surface area contributed by atoms with Gasteiger partial charge in [-0.25, -0.2) is 9.97 Å². The SMILES string of the molecule is Cc1nccn1-c1ccc([C@H]2CCCCN2C)cn1. The van der Waals surface area contributed by atoms with Gasteiger partial charge in [0.1, 0.15) is 11.6 Å². The molecule has 2 aromatic rings. The van der Waals surface area contributed by atoms with Crippen LogP contribution in [0.3, 0.4) is 0 Å². The maximum atomic E-state index is 4.59. The summed E-state index contributed by atoms with van der Waals surface area (Å²) in [7, 11) is 2.21. The van der Waals surface area contributed by atoms with Gasteiger partial charge in [-0.1, -0.05) is 12.5 Å². The zero-order valence-corrected chi connectivity index (χ0v) is 11.6. The van der Waals surface area contributed by atoms with E-state index in [2.05, 4.69) is 34.0 Å². The summed E-state index contributed by atoms with van der Waals surface area (Å²) >= 11 is 0. The van der Waals surface area contributed by atoms with Crippen LogP contribution in [-0.2, 0) is 0 Å². The molecule has 0 unspecified atom stereocenters. The van der Waals surface area contributed by atoms with Crippen molar-refractivity contribution in [3.63, 3.8) is 0 Å². The molecule has 19 heavy (non-hydrogen) atoms. The molecule has 0 bridgehead atoms. The highest BCUT2D eigenvalue weighted by Gasteiger charge is 2.20. The van der Waals surface area contributed by atoms with Crippen molar-refractivity contribution in [2.75, 3.05) is 13.6 Å². The molecule has 0 aromatic carbocycles. The summed E-state index contributed by atoms with van der Waals surface area (Å²) in [5, 5.41) is 0. The largest absolute Gasteiger partial charge is 0.299 e. The molecule has 4 heteroatoms. The lowest BCUT2D eigenvalue weighted by Crippen LogP contribution is -2.29. The summed E-state index contributed by atoms with van der Waals surface area (Å²) in [6, 6.07) is 4.82. The van der Waals surface area contributed by atoms with Crippen LogP contribution in [0.15, 0.2) is 30.7 Å². The Labute approximate surface area is 114 Å². The third kappa shape index (κ3) is 2.40. The number of imidazole rings is 1. The minimum Gasteiger partial charge on any atom is -0.299 e. The second kappa shape index (κ2) is 5.13. The highest BCUT2D eigenvalue weighted by molar-refractivity contribution is 5.28. The summed E-state index contributed by atoms with van der Waals surface area (Å²) in [5.74, 6) is 1.91. The Balaban J connectivity index is 1.84. The molecule has 0 spiro atoms. The quantitative estimate of drug-likeness (QED) is 0.828. The summed E-state index contributed by atoms with van der Waals surface area (Å²) in [6.07, 6.45) is 9.64. The molecule has 0 aliphatic carbocycles. The average molecular weight is 256 g/mol. The van der Waals surface area contributed by atoms with Crippen molar-refractivity contribution in [1.29, 1.82) is 0 Å². The van der Waals surface area contributed by atoms with Crippen LogP contribution >= 0.6 is 0 Å². The number of pyridine rings is 1. The minimum absolute atomic E-state index is 0.527. The zero-order chi connectivity index (χ0) is 13.2. The number of likely N-dealkylation sites (tertiary alicyclic amines) is 1. The number of hydrogen-bond donors (Lipinski definition) is 0. The molecule has 0 N–H and O–H groups in total. The van der Waals surface area contributed by atoms with E-state index in [4.69, 9.17) is 0 Å². The number of piperidine rings is 1. The Morgan fingerprint density at radius 2 is 2.11 bits per heavy atom. The molecule has 0 amide bonds. The monoisotopic (exact) mass is 256 g/mol. The maximum absolute atomic E-state index is 4.59. The fourth-order valence-corrected chi connectivity index (χ4v) is 2.85. The number of nitrogens with zero attached hydrogens (tertiary/aromatic N) is 4. The molecule has 3 heterocycles. The Kier molecular flexibility index (Phi) is 3.34. The van der Waals surface area contributed by atoms with Gasteiger partial charge >= 0.3 is 0 Å². The van der Waals surface area contributed by atoms with Crippen LogP contribution in [0.25, 0.3) is 5.82 Å². The summed E-state index contributed by atoms with van der Waals surface area (Å²) in [5.41, 5.74) is 1.32. The topological polar surface area (TPSA) is 34.0 Å². The number of aryl methyl sites for hydroxylation is 1. The lowest BCUT2D eigenvalue weighted by Gasteiger charge is -2.32. The van der Waals surface area contributed by atoms with E-state index in [1.54, 1.807) is 6.20 Å². The molecular formula is C15H20N4. The predicted octanol–water partition coefficient (Wildman–Crippen LogP) is 2.73. The van der Waals surface area contributed by atoms with Crippen molar-refractivity contribution in [1.82, 2.24) is 19.4 Å². The summed E-state index contributed by atoms with van der Waals surface area (Å²) in [6.45, 7) is 3.18. The van der Waals surface area contributed by atoms with Crippen LogP contribution in [-0.4, -0.2) is 33.0 Å². The third-order valence-electron chi connectivity index (χ3n) is 4.00. The molecule has 3 rings (SSSR count). The van der Waals surface area contributed by atoms with E-state index in [1.807, 2.05) is 23.9 Å². The van der Waals surface area contributed by atoms with Crippen LogP contribution in [0, 0.1) is 6.92 Å². The molecule has 1 atom stereocenters. The van der Waals surface area contributed by atoms with Gasteiger partial charge in [0.05, 0.1) is 0 Å². The van der Waals surface area contributed by atoms with Gasteiger partial charge in [0.15, 0.2) is 0 Å². The second-order valence-corrected chi connectivity index (χ2v) is 5.29. The van der Waals surface area contributed by atoms with Crippen molar-refractivity contribution < 1.29 is 0 Å². The van der Waals surface area contributed by atoms with E-state index in [0.29, 0.717) is 6.04 Å². The fourth-order valence-electron chi connectivity index (χ4n) is 2.85. The second-order valence-electron chi connectivity index (χ2n) is 5.29. The molecule has 1 fully saturated rings. The van der Waals surface area contributed by atoms with Crippen molar-refractivity contribution in [2.24, 2.45) is 0 Å². The van der Waals surface area contributed by atoms with Crippen LogP contribution in [0.5, 0.6) is 0 Å². The average Bonchev–Trinajstić information content (AvgIpc) is 2.86. The van der Waals surface area contributed by atoms with Gasteiger partial charge in [-0.2, -0.15) is 0 Å². The van der Waals surface area contributed by atoms with E-state index in [0.717, 1.165) is 11.6 Å². The predicted molar refractivity (Wildman–Crippen MR) is 75.3 cm³/mol. The van der Waals surface area contributed by atoms with Crippen molar-refractivity contribution >= 4 is 0 Å². The molecule has 0 radical (unpaired) electrons. The first-order chi connectivity index (χ1) is 9.25. The van der Waals surface area contributed by atoms with Crippen molar-refractivity contribution in [3.8, 4) is 5.82 Å². The molecule has 100 valence electrons. The molecule has 4 nitrogen and oxygen atoms in total. The third-order valence-corrected chi connectivity index (χ3v) is 4.00.